The van der Waals surface area contributed by atoms with Gasteiger partial charge in [0.2, 0.25) is 0 Å². The van der Waals surface area contributed by atoms with E-state index >= 15 is 0 Å². The van der Waals surface area contributed by atoms with Gasteiger partial charge in [0.1, 0.15) is 0 Å². The van der Waals surface area contributed by atoms with Crippen molar-refractivity contribution in [2.45, 2.75) is 84.3 Å². The minimum atomic E-state index is 0.497. The number of hydrogen-bond acceptors (Lipinski definition) is 2. The zero-order valence-corrected chi connectivity index (χ0v) is 13.2. The zero-order valence-electron chi connectivity index (χ0n) is 13.2. The molecule has 0 aromatic heterocycles. The van der Waals surface area contributed by atoms with E-state index in [1.54, 1.807) is 0 Å². The maximum absolute atomic E-state index is 5.91. The first-order valence-corrected chi connectivity index (χ1v) is 8.40. The van der Waals surface area contributed by atoms with E-state index in [0.29, 0.717) is 11.5 Å². The molecule has 2 fully saturated rings. The van der Waals surface area contributed by atoms with Crippen molar-refractivity contribution < 1.29 is 4.74 Å². The van der Waals surface area contributed by atoms with Gasteiger partial charge in [0.25, 0.3) is 0 Å². The van der Waals surface area contributed by atoms with Crippen LogP contribution in [0.3, 0.4) is 0 Å². The molecule has 0 spiro atoms. The molecular formula is C17H33NO. The molecule has 2 rings (SSSR count). The molecule has 112 valence electrons. The standard InChI is InChI=1S/C17H33NO/c1-17(2,3)14-8-10-15(11-9-14)18-12-13-19-16-6-4-5-7-16/h14-16,18H,4-13H2,1-3H3. The predicted octanol–water partition coefficient (Wildman–Crippen LogP) is 4.14. The van der Waals surface area contributed by atoms with Crippen LogP contribution >= 0.6 is 0 Å². The lowest BCUT2D eigenvalue weighted by atomic mass is 9.71. The normalized spacial score (nSPS) is 29.8. The lowest BCUT2D eigenvalue weighted by Gasteiger charge is -2.37. The third kappa shape index (κ3) is 5.07. The molecule has 0 bridgehead atoms. The first-order valence-electron chi connectivity index (χ1n) is 8.40. The highest BCUT2D eigenvalue weighted by Gasteiger charge is 2.29. The van der Waals surface area contributed by atoms with Crippen molar-refractivity contribution in [3.05, 3.63) is 0 Å². The molecule has 1 N–H and O–H groups in total. The van der Waals surface area contributed by atoms with Gasteiger partial charge in [-0.05, 0) is 49.9 Å². The Hall–Kier alpha value is -0.0800. The summed E-state index contributed by atoms with van der Waals surface area (Å²) in [5.41, 5.74) is 0.497. The van der Waals surface area contributed by atoms with Crippen molar-refractivity contribution in [2.75, 3.05) is 13.2 Å². The fourth-order valence-corrected chi connectivity index (χ4v) is 3.71. The molecule has 2 aliphatic rings. The Morgan fingerprint density at radius 3 is 2.16 bits per heavy atom. The van der Waals surface area contributed by atoms with Gasteiger partial charge in [0, 0.05) is 12.6 Å². The highest BCUT2D eigenvalue weighted by atomic mass is 16.5. The van der Waals surface area contributed by atoms with Crippen molar-refractivity contribution in [2.24, 2.45) is 11.3 Å². The zero-order chi connectivity index (χ0) is 13.7. The Kier molecular flexibility index (Phi) is 5.70. The molecule has 2 nitrogen and oxygen atoms in total. The van der Waals surface area contributed by atoms with E-state index in [2.05, 4.69) is 26.1 Å². The van der Waals surface area contributed by atoms with Gasteiger partial charge >= 0.3 is 0 Å². The Balaban J connectivity index is 1.53. The van der Waals surface area contributed by atoms with Crippen LogP contribution in [0.5, 0.6) is 0 Å². The maximum Gasteiger partial charge on any atom is 0.0594 e. The first kappa shape index (κ1) is 15.3. The highest BCUT2D eigenvalue weighted by Crippen LogP contribution is 2.37. The molecule has 0 saturated heterocycles. The molecule has 2 saturated carbocycles. The van der Waals surface area contributed by atoms with Gasteiger partial charge in [-0.1, -0.05) is 33.6 Å². The van der Waals surface area contributed by atoms with Crippen molar-refractivity contribution in [3.63, 3.8) is 0 Å². The van der Waals surface area contributed by atoms with Gasteiger partial charge in [-0.15, -0.1) is 0 Å². The predicted molar refractivity (Wildman–Crippen MR) is 81.4 cm³/mol. The topological polar surface area (TPSA) is 21.3 Å². The summed E-state index contributed by atoms with van der Waals surface area (Å²) < 4.78 is 5.91. The van der Waals surface area contributed by atoms with E-state index in [9.17, 15) is 0 Å². The molecule has 0 aromatic carbocycles. The Morgan fingerprint density at radius 2 is 1.58 bits per heavy atom. The van der Waals surface area contributed by atoms with E-state index in [0.717, 1.165) is 25.1 Å². The third-order valence-electron chi connectivity index (χ3n) is 5.14. The first-order chi connectivity index (χ1) is 9.05. The largest absolute Gasteiger partial charge is 0.377 e. The van der Waals surface area contributed by atoms with E-state index < -0.39 is 0 Å². The van der Waals surface area contributed by atoms with Gasteiger partial charge in [0.05, 0.1) is 12.7 Å². The second-order valence-corrected chi connectivity index (χ2v) is 7.65. The van der Waals surface area contributed by atoms with Gasteiger partial charge < -0.3 is 10.1 Å². The summed E-state index contributed by atoms with van der Waals surface area (Å²) in [6.45, 7) is 9.12. The van der Waals surface area contributed by atoms with Crippen LogP contribution in [0.15, 0.2) is 0 Å². The second-order valence-electron chi connectivity index (χ2n) is 7.65. The molecule has 0 unspecified atom stereocenters. The number of ether oxygens (including phenoxy) is 1. The van der Waals surface area contributed by atoms with Gasteiger partial charge in [-0.25, -0.2) is 0 Å². The van der Waals surface area contributed by atoms with E-state index in [1.807, 2.05) is 0 Å². The van der Waals surface area contributed by atoms with E-state index in [4.69, 9.17) is 4.74 Å². The molecule has 0 heterocycles. The Bertz CT molecular complexity index is 244. The summed E-state index contributed by atoms with van der Waals surface area (Å²) in [6, 6.07) is 0.741. The van der Waals surface area contributed by atoms with Crippen LogP contribution in [0, 0.1) is 11.3 Å². The second kappa shape index (κ2) is 7.08. The SMILES string of the molecule is CC(C)(C)C1CCC(NCCOC2CCCC2)CC1. The average Bonchev–Trinajstić information content (AvgIpc) is 2.87. The number of nitrogens with one attached hydrogen (secondary N) is 1. The fourth-order valence-electron chi connectivity index (χ4n) is 3.71. The highest BCUT2D eigenvalue weighted by molar-refractivity contribution is 4.83. The summed E-state index contributed by atoms with van der Waals surface area (Å²) in [7, 11) is 0. The molecule has 0 aliphatic heterocycles. The number of rotatable bonds is 5. The summed E-state index contributed by atoms with van der Waals surface area (Å²) in [5, 5.41) is 3.69. The molecule has 2 aliphatic carbocycles. The van der Waals surface area contributed by atoms with Crippen LogP contribution < -0.4 is 5.32 Å². The molecule has 2 heteroatoms. The molecule has 0 amide bonds. The fraction of sp³-hybridized carbons (Fsp3) is 1.00. The van der Waals surface area contributed by atoms with Gasteiger partial charge in [0.15, 0.2) is 0 Å². The number of hydrogen-bond donors (Lipinski definition) is 1. The van der Waals surface area contributed by atoms with Crippen molar-refractivity contribution in [1.82, 2.24) is 5.32 Å². The Morgan fingerprint density at radius 1 is 0.947 bits per heavy atom. The average molecular weight is 267 g/mol. The van der Waals surface area contributed by atoms with Crippen LogP contribution in [-0.2, 0) is 4.74 Å². The van der Waals surface area contributed by atoms with Crippen LogP contribution in [0.25, 0.3) is 0 Å². The minimum absolute atomic E-state index is 0.497. The maximum atomic E-state index is 5.91. The van der Waals surface area contributed by atoms with Crippen molar-refractivity contribution >= 4 is 0 Å². The summed E-state index contributed by atoms with van der Waals surface area (Å²) in [5.74, 6) is 0.917. The molecule has 0 atom stereocenters. The van der Waals surface area contributed by atoms with Crippen molar-refractivity contribution in [1.29, 1.82) is 0 Å². The van der Waals surface area contributed by atoms with Crippen LogP contribution in [0.1, 0.15) is 72.1 Å². The van der Waals surface area contributed by atoms with Crippen molar-refractivity contribution in [3.8, 4) is 0 Å². The quantitative estimate of drug-likeness (QED) is 0.756. The summed E-state index contributed by atoms with van der Waals surface area (Å²) in [6.07, 6.45) is 11.4. The minimum Gasteiger partial charge on any atom is -0.377 e. The van der Waals surface area contributed by atoms with E-state index in [-0.39, 0.29) is 0 Å². The summed E-state index contributed by atoms with van der Waals surface area (Å²) >= 11 is 0. The van der Waals surface area contributed by atoms with Gasteiger partial charge in [-0.2, -0.15) is 0 Å². The molecular weight excluding hydrogens is 234 g/mol. The van der Waals surface area contributed by atoms with E-state index in [1.165, 1.54) is 51.4 Å². The Labute approximate surface area is 119 Å². The molecule has 0 radical (unpaired) electrons. The van der Waals surface area contributed by atoms with Crippen LogP contribution in [-0.4, -0.2) is 25.3 Å². The molecule has 0 aromatic rings. The van der Waals surface area contributed by atoms with Crippen LogP contribution in [0.4, 0.5) is 0 Å². The third-order valence-corrected chi connectivity index (χ3v) is 5.14. The molecule has 19 heavy (non-hydrogen) atoms. The van der Waals surface area contributed by atoms with Crippen LogP contribution in [0.2, 0.25) is 0 Å². The lowest BCUT2D eigenvalue weighted by molar-refractivity contribution is 0.0572. The monoisotopic (exact) mass is 267 g/mol. The summed E-state index contributed by atoms with van der Waals surface area (Å²) in [4.78, 5) is 0. The van der Waals surface area contributed by atoms with Gasteiger partial charge in [-0.3, -0.25) is 0 Å². The lowest BCUT2D eigenvalue weighted by Crippen LogP contribution is -2.38. The smallest absolute Gasteiger partial charge is 0.0594 e.